The van der Waals surface area contributed by atoms with Gasteiger partial charge >= 0.3 is 0 Å². The van der Waals surface area contributed by atoms with Crippen LogP contribution >= 0.6 is 0 Å². The van der Waals surface area contributed by atoms with Crippen LogP contribution < -0.4 is 19.6 Å². The molecule has 0 unspecified atom stereocenters. The molecule has 4 nitrogen and oxygen atoms in total. The lowest BCUT2D eigenvalue weighted by atomic mass is 9.70. The molecule has 4 heteroatoms. The molecule has 11 aromatic rings. The van der Waals surface area contributed by atoms with E-state index in [0.29, 0.717) is 0 Å². The third kappa shape index (κ3) is 8.14. The van der Waals surface area contributed by atoms with Gasteiger partial charge in [-0.2, -0.15) is 0 Å². The normalized spacial score (nSPS) is 12.5. The highest BCUT2D eigenvalue weighted by atomic mass is 15.2. The molecule has 0 fully saturated rings. The maximum absolute atomic E-state index is 5.93. The van der Waals surface area contributed by atoms with E-state index in [2.05, 4.69) is 324 Å². The van der Waals surface area contributed by atoms with Crippen molar-refractivity contribution in [1.82, 2.24) is 0 Å². The van der Waals surface area contributed by atoms with Crippen LogP contribution in [0.5, 0.6) is 0 Å². The molecule has 2 aliphatic carbocycles. The molecule has 0 aromatic heterocycles. The summed E-state index contributed by atoms with van der Waals surface area (Å²) in [5.41, 5.74) is 21.4. The molecule has 0 heterocycles. The molecule has 0 atom stereocenters. The van der Waals surface area contributed by atoms with Crippen LogP contribution in [0, 0.1) is 12.3 Å². The maximum atomic E-state index is 5.93. The lowest BCUT2D eigenvalue weighted by molar-refractivity contribution is 0.793. The zero-order valence-corrected chi connectivity index (χ0v) is 43.2. The van der Waals surface area contributed by atoms with Gasteiger partial charge in [0, 0.05) is 68.3 Å². The minimum absolute atomic E-state index is 0.850. The van der Waals surface area contributed by atoms with Crippen molar-refractivity contribution in [2.45, 2.75) is 12.3 Å². The van der Waals surface area contributed by atoms with E-state index in [1.807, 2.05) is 6.08 Å². The van der Waals surface area contributed by atoms with Gasteiger partial charge in [-0.25, -0.2) is 0 Å². The van der Waals surface area contributed by atoms with Gasteiger partial charge in [-0.05, 0) is 197 Å². The highest BCUT2D eigenvalue weighted by molar-refractivity contribution is 5.99. The average molecular weight is 999 g/mol. The number of fused-ring (bicyclic) bond motifs is 10. The SMILES string of the molecule is C#C/C=C\C(=C/C)N(c1ccccc1)c1ccc2c(c1)C1(c3cc(N(c4ccccc4)c4ccccc4)ccc3-2)c2cc(N(c3ccccc3)c3ccccc3)ccc2-c2ccc(N(c3ccccc3)c3ccccc3)cc21. The number of rotatable bonds is 13. The van der Waals surface area contributed by atoms with Crippen molar-refractivity contribution in [1.29, 1.82) is 0 Å². The van der Waals surface area contributed by atoms with Crippen LogP contribution in [0.15, 0.2) is 309 Å². The smallest absolute Gasteiger partial charge is 0.0728 e. The largest absolute Gasteiger partial charge is 0.311 e. The monoisotopic (exact) mass is 998 g/mol. The number of anilines is 11. The minimum Gasteiger partial charge on any atom is -0.311 e. The number of hydrogen-bond donors (Lipinski definition) is 0. The molecule has 0 amide bonds. The van der Waals surface area contributed by atoms with Crippen molar-refractivity contribution < 1.29 is 0 Å². The van der Waals surface area contributed by atoms with Crippen LogP contribution in [0.2, 0.25) is 0 Å². The van der Waals surface area contributed by atoms with Crippen LogP contribution in [-0.4, -0.2) is 0 Å². The second-order valence-corrected chi connectivity index (χ2v) is 19.6. The topological polar surface area (TPSA) is 13.0 Å². The van der Waals surface area contributed by atoms with E-state index in [9.17, 15) is 0 Å². The number of para-hydroxylation sites is 7. The molecule has 13 rings (SSSR count). The molecule has 2 aliphatic rings. The number of benzene rings is 11. The maximum Gasteiger partial charge on any atom is 0.0728 e. The molecule has 0 N–H and O–H groups in total. The standard InChI is InChI=1S/C74H54N4/c1-3-5-27-54(4-2)75(55-28-13-6-14-29-55)62-42-46-66-67-47-43-63(76(56-30-15-7-16-31-56)57-32-17-8-18-33-57)51-71(67)74(70(66)50-62)72-52-64(77(58-34-19-9-20-35-58)59-36-21-10-22-37-59)44-48-68(72)69-49-45-65(53-73(69)74)78(60-38-23-11-24-39-60)61-40-25-12-26-41-61/h1,4-53H,2H3/b27-5-,54-4+. The van der Waals surface area contributed by atoms with Crippen molar-refractivity contribution in [2.75, 3.05) is 19.6 Å². The lowest BCUT2D eigenvalue weighted by Crippen LogP contribution is -2.27. The summed E-state index contributed by atoms with van der Waals surface area (Å²) in [6.07, 6.45) is 11.9. The van der Waals surface area contributed by atoms with Crippen molar-refractivity contribution >= 4 is 62.6 Å². The fourth-order valence-electron chi connectivity index (χ4n) is 12.0. The van der Waals surface area contributed by atoms with E-state index in [-0.39, 0.29) is 0 Å². The quantitative estimate of drug-likeness (QED) is 0.0843. The summed E-state index contributed by atoms with van der Waals surface area (Å²) in [6, 6.07) is 104. The summed E-state index contributed by atoms with van der Waals surface area (Å²) in [4.78, 5) is 9.49. The van der Waals surface area contributed by atoms with Crippen LogP contribution in [0.1, 0.15) is 29.2 Å². The first kappa shape index (κ1) is 47.4. The van der Waals surface area contributed by atoms with E-state index >= 15 is 0 Å². The molecule has 0 radical (unpaired) electrons. The Bertz CT molecular complexity index is 3650. The molecule has 0 saturated heterocycles. The molecule has 0 aliphatic heterocycles. The Hall–Kier alpha value is -10.3. The Morgan fingerprint density at radius 3 is 0.846 bits per heavy atom. The van der Waals surface area contributed by atoms with Crippen LogP contribution in [-0.2, 0) is 5.41 Å². The molecule has 11 aromatic carbocycles. The van der Waals surface area contributed by atoms with E-state index in [0.717, 1.165) is 68.3 Å². The zero-order chi connectivity index (χ0) is 52.4. The molecule has 1 spiro atoms. The van der Waals surface area contributed by atoms with E-state index < -0.39 is 5.41 Å². The third-order valence-electron chi connectivity index (χ3n) is 15.2. The summed E-state index contributed by atoms with van der Waals surface area (Å²) < 4.78 is 0. The molecule has 78 heavy (non-hydrogen) atoms. The second kappa shape index (κ2) is 20.4. The second-order valence-electron chi connectivity index (χ2n) is 19.6. The molecular weight excluding hydrogens is 945 g/mol. The predicted octanol–water partition coefficient (Wildman–Crippen LogP) is 19.7. The first-order valence-corrected chi connectivity index (χ1v) is 26.6. The molecule has 370 valence electrons. The van der Waals surface area contributed by atoms with E-state index in [1.54, 1.807) is 6.08 Å². The minimum atomic E-state index is -0.850. The van der Waals surface area contributed by atoms with Gasteiger partial charge in [0.2, 0.25) is 0 Å². The van der Waals surface area contributed by atoms with Gasteiger partial charge in [0.25, 0.3) is 0 Å². The van der Waals surface area contributed by atoms with Crippen molar-refractivity contribution in [3.05, 3.63) is 331 Å². The molecule has 0 bridgehead atoms. The first-order valence-electron chi connectivity index (χ1n) is 26.6. The van der Waals surface area contributed by atoms with Gasteiger partial charge in [-0.3, -0.25) is 0 Å². The van der Waals surface area contributed by atoms with E-state index in [4.69, 9.17) is 6.42 Å². The molecule has 0 saturated carbocycles. The fraction of sp³-hybridized carbons (Fsp3) is 0.0270. The summed E-state index contributed by atoms with van der Waals surface area (Å²) in [5.74, 6) is 2.76. The van der Waals surface area contributed by atoms with Gasteiger partial charge in [-0.1, -0.05) is 164 Å². The lowest BCUT2D eigenvalue weighted by Gasteiger charge is -2.35. The van der Waals surface area contributed by atoms with Gasteiger partial charge < -0.3 is 19.6 Å². The summed E-state index contributed by atoms with van der Waals surface area (Å²) >= 11 is 0. The van der Waals surface area contributed by atoms with Gasteiger partial charge in [0.15, 0.2) is 0 Å². The average Bonchev–Trinajstić information content (AvgIpc) is 3.57. The Kier molecular flexibility index (Phi) is 12.4. The Morgan fingerprint density at radius 2 is 0.577 bits per heavy atom. The van der Waals surface area contributed by atoms with Crippen molar-refractivity contribution in [2.24, 2.45) is 0 Å². The van der Waals surface area contributed by atoms with Gasteiger partial charge in [0.1, 0.15) is 0 Å². The number of terminal acetylenes is 1. The Morgan fingerprint density at radius 1 is 0.321 bits per heavy atom. The Balaban J connectivity index is 1.15. The van der Waals surface area contributed by atoms with Crippen molar-refractivity contribution in [3.63, 3.8) is 0 Å². The van der Waals surface area contributed by atoms with Gasteiger partial charge in [-0.15, -0.1) is 6.42 Å². The van der Waals surface area contributed by atoms with Crippen LogP contribution in [0.3, 0.4) is 0 Å². The van der Waals surface area contributed by atoms with E-state index in [1.165, 1.54) is 44.5 Å². The number of allylic oxidation sites excluding steroid dienone is 3. The molecular formula is C74H54N4. The highest BCUT2D eigenvalue weighted by Crippen LogP contribution is 2.65. The highest BCUT2D eigenvalue weighted by Gasteiger charge is 2.53. The number of nitrogens with zero attached hydrogens (tertiary/aromatic N) is 4. The van der Waals surface area contributed by atoms with Crippen molar-refractivity contribution in [3.8, 4) is 34.6 Å². The summed E-state index contributed by atoms with van der Waals surface area (Å²) in [6.45, 7) is 2.08. The Labute approximate surface area is 458 Å². The van der Waals surface area contributed by atoms with Crippen LogP contribution in [0.4, 0.5) is 62.6 Å². The van der Waals surface area contributed by atoms with Gasteiger partial charge in [0.05, 0.1) is 5.41 Å². The summed E-state index contributed by atoms with van der Waals surface area (Å²) in [7, 11) is 0. The first-order chi connectivity index (χ1) is 38.6. The predicted molar refractivity (Wildman–Crippen MR) is 327 cm³/mol. The third-order valence-corrected chi connectivity index (χ3v) is 15.2. The van der Waals surface area contributed by atoms with Crippen LogP contribution in [0.25, 0.3) is 22.3 Å². The summed E-state index contributed by atoms with van der Waals surface area (Å²) in [5, 5.41) is 0. The fourth-order valence-corrected chi connectivity index (χ4v) is 12.0. The number of hydrogen-bond acceptors (Lipinski definition) is 4. The zero-order valence-electron chi connectivity index (χ0n) is 43.2.